The highest BCUT2D eigenvalue weighted by atomic mass is 19.4. The molecule has 4 nitrogen and oxygen atoms in total. The number of carbonyl (C=O) groups is 1. The van der Waals surface area contributed by atoms with Gasteiger partial charge in [-0.1, -0.05) is 5.16 Å². The quantitative estimate of drug-likeness (QED) is 0.323. The van der Waals surface area contributed by atoms with E-state index in [2.05, 4.69) is 4.74 Å². The van der Waals surface area contributed by atoms with Crippen LogP contribution in [0.4, 0.5) is 13.2 Å². The van der Waals surface area contributed by atoms with E-state index in [1.54, 1.807) is 0 Å². The van der Waals surface area contributed by atoms with E-state index >= 15 is 0 Å². The van der Waals surface area contributed by atoms with Gasteiger partial charge in [-0.15, -0.1) is 0 Å². The van der Waals surface area contributed by atoms with E-state index < -0.39 is 24.3 Å². The number of alkyl halides is 3. The number of nitrogens with zero attached hydrogens (tertiary/aromatic N) is 1. The Morgan fingerprint density at radius 1 is 1.54 bits per heavy atom. The van der Waals surface area contributed by atoms with Crippen LogP contribution in [0.1, 0.15) is 13.3 Å². The third-order valence-corrected chi connectivity index (χ3v) is 1.07. The van der Waals surface area contributed by atoms with Crippen molar-refractivity contribution in [3.63, 3.8) is 0 Å². The molecule has 0 atom stereocenters. The highest BCUT2D eigenvalue weighted by molar-refractivity contribution is 6.01. The molecule has 76 valence electrons. The van der Waals surface area contributed by atoms with Crippen LogP contribution in [0.25, 0.3) is 0 Å². The third kappa shape index (κ3) is 4.34. The van der Waals surface area contributed by atoms with E-state index in [9.17, 15) is 18.0 Å². The first kappa shape index (κ1) is 11.7. The first-order chi connectivity index (χ1) is 5.91. The van der Waals surface area contributed by atoms with Crippen molar-refractivity contribution in [1.29, 1.82) is 0 Å². The summed E-state index contributed by atoms with van der Waals surface area (Å²) < 4.78 is 39.7. The Kier molecular flexibility index (Phi) is 4.22. The molecule has 0 aromatic rings. The molecule has 7 heteroatoms. The lowest BCUT2D eigenvalue weighted by Gasteiger charge is -2.07. The zero-order valence-electron chi connectivity index (χ0n) is 6.76. The van der Waals surface area contributed by atoms with Crippen LogP contribution < -0.4 is 0 Å². The molecule has 0 fully saturated rings. The average Bonchev–Trinajstić information content (AvgIpc) is 1.98. The summed E-state index contributed by atoms with van der Waals surface area (Å²) in [4.78, 5) is 10.5. The molecule has 0 aromatic carbocycles. The van der Waals surface area contributed by atoms with Gasteiger partial charge in [-0.2, -0.15) is 13.2 Å². The number of ether oxygens (including phenoxy) is 1. The highest BCUT2D eigenvalue weighted by Crippen LogP contribution is 2.19. The molecule has 0 saturated heterocycles. The van der Waals surface area contributed by atoms with E-state index in [-0.39, 0.29) is 6.61 Å². The van der Waals surface area contributed by atoms with Crippen LogP contribution in [-0.2, 0) is 9.53 Å². The Bertz CT molecular complexity index is 212. The molecule has 0 heterocycles. The average molecular weight is 199 g/mol. The molecular weight excluding hydrogens is 191 g/mol. The molecule has 0 rings (SSSR count). The minimum absolute atomic E-state index is 0.0185. The summed E-state index contributed by atoms with van der Waals surface area (Å²) in [6, 6.07) is 0. The fourth-order valence-corrected chi connectivity index (χ4v) is 0.541. The van der Waals surface area contributed by atoms with Gasteiger partial charge < -0.3 is 9.94 Å². The van der Waals surface area contributed by atoms with Crippen molar-refractivity contribution < 1.29 is 27.9 Å². The van der Waals surface area contributed by atoms with Gasteiger partial charge in [0.05, 0.1) is 13.0 Å². The maximum atomic E-state index is 11.8. The van der Waals surface area contributed by atoms with Crippen molar-refractivity contribution in [1.82, 2.24) is 0 Å². The van der Waals surface area contributed by atoms with Crippen LogP contribution in [0.3, 0.4) is 0 Å². The largest absolute Gasteiger partial charge is 0.466 e. The first-order valence-electron chi connectivity index (χ1n) is 3.35. The maximum absolute atomic E-state index is 11.8. The van der Waals surface area contributed by atoms with E-state index in [0.29, 0.717) is 0 Å². The van der Waals surface area contributed by atoms with Crippen molar-refractivity contribution in [2.75, 3.05) is 6.61 Å². The second kappa shape index (κ2) is 4.68. The summed E-state index contributed by atoms with van der Waals surface area (Å²) in [5, 5.41) is 9.91. The first-order valence-corrected chi connectivity index (χ1v) is 3.35. The second-order valence-electron chi connectivity index (χ2n) is 2.03. The van der Waals surface area contributed by atoms with Gasteiger partial charge >= 0.3 is 12.1 Å². The Morgan fingerprint density at radius 2 is 2.08 bits per heavy atom. The number of rotatable bonds is 3. The van der Waals surface area contributed by atoms with Gasteiger partial charge in [0, 0.05) is 0 Å². The smallest absolute Gasteiger partial charge is 0.433 e. The summed E-state index contributed by atoms with van der Waals surface area (Å²) in [5.74, 6) is -1.08. The van der Waals surface area contributed by atoms with Gasteiger partial charge in [0.1, 0.15) is 0 Å². The topological polar surface area (TPSA) is 58.9 Å². The second-order valence-corrected chi connectivity index (χ2v) is 2.03. The molecule has 0 radical (unpaired) electrons. The molecule has 0 aliphatic carbocycles. The molecule has 0 aromatic heterocycles. The Hall–Kier alpha value is -1.27. The van der Waals surface area contributed by atoms with Crippen LogP contribution in [0, 0.1) is 0 Å². The molecule has 0 bridgehead atoms. The lowest BCUT2D eigenvalue weighted by molar-refractivity contribution is -0.142. The van der Waals surface area contributed by atoms with Crippen LogP contribution in [0.2, 0.25) is 0 Å². The number of esters is 1. The van der Waals surface area contributed by atoms with Crippen LogP contribution in [-0.4, -0.2) is 29.7 Å². The summed E-state index contributed by atoms with van der Waals surface area (Å²) in [5.41, 5.74) is -1.56. The summed E-state index contributed by atoms with van der Waals surface area (Å²) in [7, 11) is 0. The number of hydrogen-bond acceptors (Lipinski definition) is 4. The monoisotopic (exact) mass is 199 g/mol. The zero-order valence-corrected chi connectivity index (χ0v) is 6.76. The fourth-order valence-electron chi connectivity index (χ4n) is 0.541. The van der Waals surface area contributed by atoms with Crippen LogP contribution in [0.5, 0.6) is 0 Å². The van der Waals surface area contributed by atoms with Crippen molar-refractivity contribution in [3.8, 4) is 0 Å². The molecular formula is C6H8F3NO3. The van der Waals surface area contributed by atoms with Crippen molar-refractivity contribution in [2.45, 2.75) is 19.5 Å². The SMILES string of the molecule is CCOC(=O)C/C(=N/O)C(F)(F)F. The van der Waals surface area contributed by atoms with E-state index in [1.807, 2.05) is 5.16 Å². The third-order valence-electron chi connectivity index (χ3n) is 1.07. The highest BCUT2D eigenvalue weighted by Gasteiger charge is 2.37. The van der Waals surface area contributed by atoms with E-state index in [0.717, 1.165) is 0 Å². The van der Waals surface area contributed by atoms with Gasteiger partial charge in [0.2, 0.25) is 0 Å². The minimum Gasteiger partial charge on any atom is -0.466 e. The van der Waals surface area contributed by atoms with Crippen molar-refractivity contribution in [2.24, 2.45) is 5.16 Å². The molecule has 1 N–H and O–H groups in total. The molecule has 13 heavy (non-hydrogen) atoms. The van der Waals surface area contributed by atoms with E-state index in [4.69, 9.17) is 5.21 Å². The number of oxime groups is 1. The Morgan fingerprint density at radius 3 is 2.38 bits per heavy atom. The molecule has 0 amide bonds. The van der Waals surface area contributed by atoms with Gasteiger partial charge in [-0.05, 0) is 6.92 Å². The summed E-state index contributed by atoms with van der Waals surface area (Å²) >= 11 is 0. The van der Waals surface area contributed by atoms with E-state index in [1.165, 1.54) is 6.92 Å². The molecule has 0 unspecified atom stereocenters. The normalized spacial score (nSPS) is 12.8. The van der Waals surface area contributed by atoms with Crippen molar-refractivity contribution >= 4 is 11.7 Å². The molecule has 0 aliphatic rings. The predicted octanol–water partition coefficient (Wildman–Crippen LogP) is 1.33. The zero-order chi connectivity index (χ0) is 10.5. The van der Waals surface area contributed by atoms with Gasteiger partial charge in [0.25, 0.3) is 0 Å². The number of carbonyl (C=O) groups excluding carboxylic acids is 1. The minimum atomic E-state index is -4.80. The summed E-state index contributed by atoms with van der Waals surface area (Å²) in [6.45, 7) is 1.44. The molecule has 0 saturated carbocycles. The molecule has 0 aliphatic heterocycles. The van der Waals surface area contributed by atoms with Gasteiger partial charge in [0.15, 0.2) is 5.71 Å². The fraction of sp³-hybridized carbons (Fsp3) is 0.667. The van der Waals surface area contributed by atoms with Crippen LogP contribution in [0.15, 0.2) is 5.16 Å². The Balaban J connectivity index is 4.25. The Labute approximate surface area is 72.0 Å². The lowest BCUT2D eigenvalue weighted by Crippen LogP contribution is -2.26. The summed E-state index contributed by atoms with van der Waals surface area (Å²) in [6.07, 6.45) is -5.88. The van der Waals surface area contributed by atoms with Gasteiger partial charge in [-0.3, -0.25) is 4.79 Å². The molecule has 0 spiro atoms. The lowest BCUT2D eigenvalue weighted by atomic mass is 10.2. The van der Waals surface area contributed by atoms with Crippen LogP contribution >= 0.6 is 0 Å². The number of halogens is 3. The number of hydrogen-bond donors (Lipinski definition) is 1. The maximum Gasteiger partial charge on any atom is 0.433 e. The predicted molar refractivity (Wildman–Crippen MR) is 36.5 cm³/mol. The standard InChI is InChI=1S/C6H8F3NO3/c1-2-13-5(11)3-4(10-12)6(7,8)9/h12H,2-3H2,1H3/b10-4-. The van der Waals surface area contributed by atoms with Gasteiger partial charge in [-0.25, -0.2) is 0 Å². The van der Waals surface area contributed by atoms with Crippen molar-refractivity contribution in [3.05, 3.63) is 0 Å².